The van der Waals surface area contributed by atoms with E-state index in [0.29, 0.717) is 19.3 Å². The molecule has 0 saturated carbocycles. The lowest BCUT2D eigenvalue weighted by Crippen LogP contribution is -2.53. The highest BCUT2D eigenvalue weighted by molar-refractivity contribution is 5.85. The molecule has 0 aromatic heterocycles. The first-order valence-electron chi connectivity index (χ1n) is 5.89. The Labute approximate surface area is 104 Å². The molecular weight excluding hydrogens is 228 g/mol. The van der Waals surface area contributed by atoms with Crippen molar-refractivity contribution in [2.24, 2.45) is 0 Å². The lowest BCUT2D eigenvalue weighted by atomic mass is 10.1. The summed E-state index contributed by atoms with van der Waals surface area (Å²) in [5.74, 6) is 0.0787. The molecule has 16 heavy (non-hydrogen) atoms. The summed E-state index contributed by atoms with van der Waals surface area (Å²) < 4.78 is 5.26. The van der Waals surface area contributed by atoms with E-state index in [-0.39, 0.29) is 24.4 Å². The third kappa shape index (κ3) is 5.14. The second-order valence-electron chi connectivity index (χ2n) is 3.98. The van der Waals surface area contributed by atoms with Crippen LogP contribution in [-0.2, 0) is 9.53 Å². The molecule has 1 fully saturated rings. The zero-order chi connectivity index (χ0) is 11.1. The molecule has 0 aliphatic carbocycles. The van der Waals surface area contributed by atoms with Crippen LogP contribution in [0.2, 0.25) is 0 Å². The quantitative estimate of drug-likeness (QED) is 0.768. The molecule has 1 amide bonds. The molecule has 2 atom stereocenters. The number of ether oxygens (including phenoxy) is 1. The number of carbonyl (C=O) groups excluding carboxylic acids is 1. The van der Waals surface area contributed by atoms with Crippen molar-refractivity contribution in [1.29, 1.82) is 0 Å². The van der Waals surface area contributed by atoms with Crippen molar-refractivity contribution in [3.8, 4) is 0 Å². The van der Waals surface area contributed by atoms with Gasteiger partial charge in [-0.2, -0.15) is 0 Å². The van der Waals surface area contributed by atoms with Gasteiger partial charge in [0.15, 0.2) is 0 Å². The Morgan fingerprint density at radius 1 is 1.56 bits per heavy atom. The standard InChI is InChI=1S/C11H22N2O2.ClH/c1-3-5-9(4-2)13-11(14)10-8-15-7-6-12-10;/h9-10,12H,3-8H2,1-2H3,(H,13,14);1H. The molecule has 0 radical (unpaired) electrons. The SMILES string of the molecule is CCCC(CC)NC(=O)C1COCCN1.Cl. The van der Waals surface area contributed by atoms with Gasteiger partial charge in [0, 0.05) is 12.6 Å². The number of carbonyl (C=O) groups is 1. The van der Waals surface area contributed by atoms with Gasteiger partial charge in [0.1, 0.15) is 6.04 Å². The first-order valence-corrected chi connectivity index (χ1v) is 5.89. The molecule has 0 aromatic carbocycles. The Kier molecular flexibility index (Phi) is 8.61. The molecule has 1 heterocycles. The Bertz CT molecular complexity index is 196. The highest BCUT2D eigenvalue weighted by Crippen LogP contribution is 2.02. The van der Waals surface area contributed by atoms with E-state index in [1.165, 1.54) is 0 Å². The molecule has 0 spiro atoms. The maximum atomic E-state index is 11.8. The number of hydrogen-bond acceptors (Lipinski definition) is 3. The van der Waals surface area contributed by atoms with E-state index in [0.717, 1.165) is 25.8 Å². The van der Waals surface area contributed by atoms with Crippen LogP contribution in [-0.4, -0.2) is 37.7 Å². The molecule has 1 saturated heterocycles. The fraction of sp³-hybridized carbons (Fsp3) is 0.909. The van der Waals surface area contributed by atoms with E-state index in [4.69, 9.17) is 4.74 Å². The minimum absolute atomic E-state index is 0. The molecule has 96 valence electrons. The number of morpholine rings is 1. The normalized spacial score (nSPS) is 22.0. The fourth-order valence-electron chi connectivity index (χ4n) is 1.76. The number of halogens is 1. The molecule has 2 unspecified atom stereocenters. The van der Waals surface area contributed by atoms with Gasteiger partial charge in [0.2, 0.25) is 5.91 Å². The van der Waals surface area contributed by atoms with Crippen LogP contribution in [0, 0.1) is 0 Å². The Balaban J connectivity index is 0.00000225. The predicted molar refractivity (Wildman–Crippen MR) is 67.0 cm³/mol. The third-order valence-electron chi connectivity index (χ3n) is 2.71. The Hall–Kier alpha value is -0.320. The Morgan fingerprint density at radius 2 is 2.31 bits per heavy atom. The second kappa shape index (κ2) is 8.79. The molecule has 0 aromatic rings. The number of rotatable bonds is 5. The summed E-state index contributed by atoms with van der Waals surface area (Å²) in [5, 5.41) is 6.21. The molecule has 1 rings (SSSR count). The smallest absolute Gasteiger partial charge is 0.239 e. The van der Waals surface area contributed by atoms with E-state index >= 15 is 0 Å². The van der Waals surface area contributed by atoms with E-state index in [1.807, 2.05) is 0 Å². The van der Waals surface area contributed by atoms with Crippen LogP contribution < -0.4 is 10.6 Å². The lowest BCUT2D eigenvalue weighted by molar-refractivity contribution is -0.126. The van der Waals surface area contributed by atoms with Gasteiger partial charge in [-0.25, -0.2) is 0 Å². The average Bonchev–Trinajstić information content (AvgIpc) is 2.29. The van der Waals surface area contributed by atoms with Crippen LogP contribution in [0.15, 0.2) is 0 Å². The van der Waals surface area contributed by atoms with Gasteiger partial charge < -0.3 is 15.4 Å². The molecule has 2 N–H and O–H groups in total. The fourth-order valence-corrected chi connectivity index (χ4v) is 1.76. The molecule has 1 aliphatic rings. The summed E-state index contributed by atoms with van der Waals surface area (Å²) in [5.41, 5.74) is 0. The molecule has 5 heteroatoms. The van der Waals surface area contributed by atoms with Gasteiger partial charge in [0.05, 0.1) is 13.2 Å². The van der Waals surface area contributed by atoms with Crippen molar-refractivity contribution in [2.45, 2.75) is 45.2 Å². The van der Waals surface area contributed by atoms with Gasteiger partial charge in [0.25, 0.3) is 0 Å². The lowest BCUT2D eigenvalue weighted by Gasteiger charge is -2.25. The van der Waals surface area contributed by atoms with Crippen LogP contribution >= 0.6 is 12.4 Å². The first kappa shape index (κ1) is 15.7. The summed E-state index contributed by atoms with van der Waals surface area (Å²) in [4.78, 5) is 11.8. The summed E-state index contributed by atoms with van der Waals surface area (Å²) in [6, 6.07) is 0.149. The zero-order valence-corrected chi connectivity index (χ0v) is 10.9. The zero-order valence-electron chi connectivity index (χ0n) is 10.1. The summed E-state index contributed by atoms with van der Waals surface area (Å²) in [7, 11) is 0. The largest absolute Gasteiger partial charge is 0.378 e. The van der Waals surface area contributed by atoms with Crippen molar-refractivity contribution in [3.05, 3.63) is 0 Å². The molecule has 4 nitrogen and oxygen atoms in total. The van der Waals surface area contributed by atoms with E-state index in [1.54, 1.807) is 0 Å². The predicted octanol–water partition coefficient (Wildman–Crippen LogP) is 1.09. The average molecular weight is 251 g/mol. The minimum Gasteiger partial charge on any atom is -0.378 e. The van der Waals surface area contributed by atoms with Crippen LogP contribution in [0.4, 0.5) is 0 Å². The van der Waals surface area contributed by atoms with Gasteiger partial charge >= 0.3 is 0 Å². The van der Waals surface area contributed by atoms with Crippen LogP contribution in [0.5, 0.6) is 0 Å². The number of hydrogen-bond donors (Lipinski definition) is 2. The van der Waals surface area contributed by atoms with Crippen LogP contribution in [0.25, 0.3) is 0 Å². The second-order valence-corrected chi connectivity index (χ2v) is 3.98. The van der Waals surface area contributed by atoms with E-state index in [2.05, 4.69) is 24.5 Å². The topological polar surface area (TPSA) is 50.4 Å². The summed E-state index contributed by atoms with van der Waals surface area (Å²) in [6.07, 6.45) is 3.15. The minimum atomic E-state index is -0.162. The molecular formula is C11H23ClN2O2. The monoisotopic (exact) mass is 250 g/mol. The molecule has 1 aliphatic heterocycles. The maximum Gasteiger partial charge on any atom is 0.239 e. The van der Waals surface area contributed by atoms with Crippen molar-refractivity contribution in [1.82, 2.24) is 10.6 Å². The van der Waals surface area contributed by atoms with Crippen LogP contribution in [0.1, 0.15) is 33.1 Å². The Morgan fingerprint density at radius 3 is 2.81 bits per heavy atom. The van der Waals surface area contributed by atoms with E-state index in [9.17, 15) is 4.79 Å². The molecule has 0 bridgehead atoms. The van der Waals surface area contributed by atoms with E-state index < -0.39 is 0 Å². The van der Waals surface area contributed by atoms with Crippen molar-refractivity contribution in [2.75, 3.05) is 19.8 Å². The van der Waals surface area contributed by atoms with Crippen LogP contribution in [0.3, 0.4) is 0 Å². The number of amides is 1. The highest BCUT2D eigenvalue weighted by Gasteiger charge is 2.22. The van der Waals surface area contributed by atoms with Gasteiger partial charge in [-0.3, -0.25) is 4.79 Å². The maximum absolute atomic E-state index is 11.8. The van der Waals surface area contributed by atoms with Gasteiger partial charge in [-0.1, -0.05) is 20.3 Å². The first-order chi connectivity index (χ1) is 7.27. The highest BCUT2D eigenvalue weighted by atomic mass is 35.5. The number of nitrogens with one attached hydrogen (secondary N) is 2. The van der Waals surface area contributed by atoms with Gasteiger partial charge in [-0.05, 0) is 12.8 Å². The van der Waals surface area contributed by atoms with Gasteiger partial charge in [-0.15, -0.1) is 12.4 Å². The van der Waals surface area contributed by atoms with Crippen molar-refractivity contribution < 1.29 is 9.53 Å². The van der Waals surface area contributed by atoms with Crippen molar-refractivity contribution in [3.63, 3.8) is 0 Å². The summed E-state index contributed by atoms with van der Waals surface area (Å²) in [6.45, 7) is 6.20. The summed E-state index contributed by atoms with van der Waals surface area (Å²) >= 11 is 0. The third-order valence-corrected chi connectivity index (χ3v) is 2.71. The van der Waals surface area contributed by atoms with Crippen molar-refractivity contribution >= 4 is 18.3 Å².